The lowest BCUT2D eigenvalue weighted by atomic mass is 10.2. The van der Waals surface area contributed by atoms with Crippen molar-refractivity contribution >= 4 is 28.3 Å². The predicted molar refractivity (Wildman–Crippen MR) is 127 cm³/mol. The van der Waals surface area contributed by atoms with Gasteiger partial charge in [-0.2, -0.15) is 0 Å². The number of nitrogens with one attached hydrogen (secondary N) is 2. The second-order valence-corrected chi connectivity index (χ2v) is 7.75. The minimum absolute atomic E-state index is 0.0382. The second-order valence-electron chi connectivity index (χ2n) is 7.34. The topological polar surface area (TPSA) is 102 Å². The number of hydrogen-bond acceptors (Lipinski definition) is 6. The van der Waals surface area contributed by atoms with E-state index in [9.17, 15) is 10.1 Å². The van der Waals surface area contributed by atoms with Crippen LogP contribution in [0.1, 0.15) is 23.9 Å². The molecule has 170 valence electrons. The first-order valence-electron chi connectivity index (χ1n) is 10.5. The number of fused-ring (bicyclic) bond motifs is 1. The maximum Gasteiger partial charge on any atom is 0.269 e. The summed E-state index contributed by atoms with van der Waals surface area (Å²) in [5, 5.41) is 14.7. The molecule has 0 spiro atoms. The Labute approximate surface area is 195 Å². The van der Waals surface area contributed by atoms with Gasteiger partial charge in [-0.15, -0.1) is 0 Å². The van der Waals surface area contributed by atoms with Gasteiger partial charge in [-0.25, -0.2) is 4.98 Å². The van der Waals surface area contributed by atoms with E-state index in [4.69, 9.17) is 21.1 Å². The smallest absolute Gasteiger partial charge is 0.269 e. The molecule has 3 aromatic carbocycles. The summed E-state index contributed by atoms with van der Waals surface area (Å²) in [6, 6.07) is 17.7. The molecule has 0 radical (unpaired) electrons. The summed E-state index contributed by atoms with van der Waals surface area (Å²) < 4.78 is 11.7. The van der Waals surface area contributed by atoms with E-state index in [1.54, 1.807) is 18.2 Å². The fraction of sp³-hybridized carbons (Fsp3) is 0.208. The Hall–Kier alpha value is -3.62. The summed E-state index contributed by atoms with van der Waals surface area (Å²) in [5.41, 5.74) is 3.65. The van der Waals surface area contributed by atoms with E-state index >= 15 is 0 Å². The van der Waals surface area contributed by atoms with Gasteiger partial charge in [-0.05, 0) is 48.4 Å². The number of ether oxygens (including phenoxy) is 2. The number of nitrogens with zero attached hydrogens (tertiary/aromatic N) is 2. The lowest BCUT2D eigenvalue weighted by molar-refractivity contribution is -0.384. The van der Waals surface area contributed by atoms with Gasteiger partial charge in [0, 0.05) is 29.8 Å². The highest BCUT2D eigenvalue weighted by atomic mass is 35.5. The number of halogens is 1. The van der Waals surface area contributed by atoms with Crippen molar-refractivity contribution in [1.29, 1.82) is 0 Å². The van der Waals surface area contributed by atoms with Gasteiger partial charge >= 0.3 is 0 Å². The molecule has 2 N–H and O–H groups in total. The average molecular weight is 467 g/mol. The molecule has 0 aliphatic rings. The van der Waals surface area contributed by atoms with Gasteiger partial charge in [0.2, 0.25) is 0 Å². The quantitative estimate of drug-likeness (QED) is 0.240. The number of non-ortho nitro benzene ring substituents is 1. The molecule has 4 aromatic rings. The lowest BCUT2D eigenvalue weighted by Gasteiger charge is -2.15. The monoisotopic (exact) mass is 466 g/mol. The van der Waals surface area contributed by atoms with Crippen molar-refractivity contribution in [2.45, 2.75) is 26.6 Å². The van der Waals surface area contributed by atoms with Crippen molar-refractivity contribution in [3.8, 4) is 11.5 Å². The molecular formula is C24H23ClN4O4. The summed E-state index contributed by atoms with van der Waals surface area (Å²) in [5.74, 6) is 1.95. The van der Waals surface area contributed by atoms with E-state index in [2.05, 4.69) is 15.3 Å². The van der Waals surface area contributed by atoms with Gasteiger partial charge in [0.1, 0.15) is 12.4 Å². The highest BCUT2D eigenvalue weighted by molar-refractivity contribution is 6.31. The number of H-pyrrole nitrogens is 1. The van der Waals surface area contributed by atoms with Crippen LogP contribution in [0.4, 0.5) is 5.69 Å². The van der Waals surface area contributed by atoms with Gasteiger partial charge < -0.3 is 19.8 Å². The number of benzene rings is 3. The first-order chi connectivity index (χ1) is 16.0. The summed E-state index contributed by atoms with van der Waals surface area (Å²) in [7, 11) is 0. The van der Waals surface area contributed by atoms with Crippen LogP contribution in [0, 0.1) is 10.1 Å². The zero-order valence-corrected chi connectivity index (χ0v) is 18.8. The number of para-hydroxylation sites is 2. The van der Waals surface area contributed by atoms with E-state index in [1.165, 1.54) is 12.1 Å². The summed E-state index contributed by atoms with van der Waals surface area (Å²) in [6.07, 6.45) is 0. The van der Waals surface area contributed by atoms with E-state index in [1.807, 2.05) is 37.3 Å². The normalized spacial score (nSPS) is 11.0. The molecule has 33 heavy (non-hydrogen) atoms. The molecule has 0 unspecified atom stereocenters. The van der Waals surface area contributed by atoms with Crippen molar-refractivity contribution in [1.82, 2.24) is 15.3 Å². The predicted octanol–water partition coefficient (Wildman–Crippen LogP) is 5.39. The molecule has 4 rings (SSSR count). The molecule has 0 aliphatic carbocycles. The summed E-state index contributed by atoms with van der Waals surface area (Å²) in [6.45, 7) is 3.69. The number of imidazole rings is 1. The SMILES string of the molecule is CCOc1cc(CNCc2nc3ccccc3[nH]2)c(Cl)cc1OCc1ccc([N+](=O)[O-])cc1. The molecule has 9 heteroatoms. The molecule has 0 amide bonds. The van der Waals surface area contributed by atoms with Crippen LogP contribution in [0.25, 0.3) is 11.0 Å². The van der Waals surface area contributed by atoms with E-state index < -0.39 is 4.92 Å². The standard InChI is InChI=1S/C24H23ClN4O4/c1-2-32-22-11-17(13-26-14-24-27-20-5-3-4-6-21(20)28-24)19(25)12-23(22)33-15-16-7-9-18(10-8-16)29(30)31/h3-12,26H,2,13-15H2,1H3,(H,27,28). The van der Waals surface area contributed by atoms with Crippen molar-refractivity contribution in [2.24, 2.45) is 0 Å². The van der Waals surface area contributed by atoms with Crippen LogP contribution < -0.4 is 14.8 Å². The van der Waals surface area contributed by atoms with Gasteiger partial charge in [0.05, 0.1) is 29.1 Å². The Morgan fingerprint density at radius 2 is 1.82 bits per heavy atom. The molecule has 0 aliphatic heterocycles. The van der Waals surface area contributed by atoms with Crippen molar-refractivity contribution in [3.05, 3.63) is 92.8 Å². The zero-order valence-electron chi connectivity index (χ0n) is 18.0. The van der Waals surface area contributed by atoms with Crippen LogP contribution in [0.2, 0.25) is 5.02 Å². The van der Waals surface area contributed by atoms with E-state index in [0.29, 0.717) is 36.2 Å². The number of aromatic amines is 1. The van der Waals surface area contributed by atoms with Crippen LogP contribution in [0.5, 0.6) is 11.5 Å². The van der Waals surface area contributed by atoms with Crippen LogP contribution in [0.3, 0.4) is 0 Å². The molecule has 1 heterocycles. The molecule has 0 bridgehead atoms. The third-order valence-corrected chi connectivity index (χ3v) is 5.35. The number of aromatic nitrogens is 2. The zero-order chi connectivity index (χ0) is 23.2. The molecular weight excluding hydrogens is 444 g/mol. The Balaban J connectivity index is 1.41. The number of hydrogen-bond donors (Lipinski definition) is 2. The van der Waals surface area contributed by atoms with Crippen molar-refractivity contribution < 1.29 is 14.4 Å². The second kappa shape index (κ2) is 10.3. The largest absolute Gasteiger partial charge is 0.490 e. The summed E-state index contributed by atoms with van der Waals surface area (Å²) >= 11 is 6.51. The van der Waals surface area contributed by atoms with Crippen LogP contribution in [-0.4, -0.2) is 21.5 Å². The molecule has 0 saturated carbocycles. The summed E-state index contributed by atoms with van der Waals surface area (Å²) in [4.78, 5) is 18.2. The number of rotatable bonds is 10. The van der Waals surface area contributed by atoms with Crippen LogP contribution in [-0.2, 0) is 19.7 Å². The van der Waals surface area contributed by atoms with Gasteiger partial charge in [0.15, 0.2) is 11.5 Å². The lowest BCUT2D eigenvalue weighted by Crippen LogP contribution is -2.14. The Bertz CT molecular complexity index is 1220. The minimum atomic E-state index is -0.432. The van der Waals surface area contributed by atoms with Crippen molar-refractivity contribution in [3.63, 3.8) is 0 Å². The minimum Gasteiger partial charge on any atom is -0.490 e. The highest BCUT2D eigenvalue weighted by Crippen LogP contribution is 2.34. The van der Waals surface area contributed by atoms with Gasteiger partial charge in [-0.1, -0.05) is 23.7 Å². The first kappa shape index (κ1) is 22.6. The van der Waals surface area contributed by atoms with E-state index in [-0.39, 0.29) is 12.3 Å². The van der Waals surface area contributed by atoms with Crippen molar-refractivity contribution in [2.75, 3.05) is 6.61 Å². The van der Waals surface area contributed by atoms with Gasteiger partial charge in [0.25, 0.3) is 5.69 Å². The Kier molecular flexibility index (Phi) is 7.07. The molecule has 0 fully saturated rings. The number of nitro groups is 1. The first-order valence-corrected chi connectivity index (χ1v) is 10.9. The van der Waals surface area contributed by atoms with Crippen LogP contribution in [0.15, 0.2) is 60.7 Å². The molecule has 1 aromatic heterocycles. The fourth-order valence-corrected chi connectivity index (χ4v) is 3.59. The molecule has 0 saturated heterocycles. The molecule has 0 atom stereocenters. The van der Waals surface area contributed by atoms with Crippen LogP contribution >= 0.6 is 11.6 Å². The number of nitro benzene ring substituents is 1. The average Bonchev–Trinajstić information content (AvgIpc) is 3.23. The molecule has 8 nitrogen and oxygen atoms in total. The fourth-order valence-electron chi connectivity index (χ4n) is 3.37. The maximum atomic E-state index is 10.8. The maximum absolute atomic E-state index is 10.8. The Morgan fingerprint density at radius 1 is 1.06 bits per heavy atom. The highest BCUT2D eigenvalue weighted by Gasteiger charge is 2.13. The van der Waals surface area contributed by atoms with Gasteiger partial charge in [-0.3, -0.25) is 10.1 Å². The third-order valence-electron chi connectivity index (χ3n) is 5.00. The third kappa shape index (κ3) is 5.60. The Morgan fingerprint density at radius 3 is 2.55 bits per heavy atom. The van der Waals surface area contributed by atoms with E-state index in [0.717, 1.165) is 28.0 Å².